The van der Waals surface area contributed by atoms with Crippen LogP contribution in [0.2, 0.25) is 0 Å². The predicted molar refractivity (Wildman–Crippen MR) is 55.8 cm³/mol. The second-order valence-corrected chi connectivity index (χ2v) is 5.15. The van der Waals surface area contributed by atoms with Gasteiger partial charge in [0.1, 0.15) is 0 Å². The third-order valence-electron chi connectivity index (χ3n) is 3.71. The van der Waals surface area contributed by atoms with Gasteiger partial charge in [-0.05, 0) is 50.2 Å². The highest BCUT2D eigenvalue weighted by molar-refractivity contribution is 4.85. The van der Waals surface area contributed by atoms with Crippen LogP contribution in [0, 0.1) is 11.3 Å². The van der Waals surface area contributed by atoms with E-state index in [2.05, 4.69) is 17.6 Å². The van der Waals surface area contributed by atoms with E-state index >= 15 is 0 Å². The summed E-state index contributed by atoms with van der Waals surface area (Å²) in [6, 6.07) is 0. The molecule has 2 heteroatoms. The van der Waals surface area contributed by atoms with E-state index in [-0.39, 0.29) is 0 Å². The Bertz CT molecular complexity index is 159. The van der Waals surface area contributed by atoms with Gasteiger partial charge in [0.05, 0.1) is 0 Å². The second-order valence-electron chi connectivity index (χ2n) is 5.15. The maximum atomic E-state index is 3.60. The summed E-state index contributed by atoms with van der Waals surface area (Å²) in [5.41, 5.74) is 0.651. The summed E-state index contributed by atoms with van der Waals surface area (Å²) in [6.07, 6.45) is 5.68. The molecule has 0 atom stereocenters. The summed E-state index contributed by atoms with van der Waals surface area (Å²) in [5, 5.41) is 6.91. The van der Waals surface area contributed by atoms with Crippen LogP contribution < -0.4 is 10.6 Å². The van der Waals surface area contributed by atoms with E-state index in [4.69, 9.17) is 0 Å². The van der Waals surface area contributed by atoms with E-state index in [9.17, 15) is 0 Å². The van der Waals surface area contributed by atoms with Crippen LogP contribution >= 0.6 is 0 Å². The Kier molecular flexibility index (Phi) is 2.89. The SMILES string of the molecule is CC1(CNCCC2CNC2)CCC1. The molecule has 76 valence electrons. The standard InChI is InChI=1S/C11H22N2/c1-11(4-2-5-11)9-12-6-3-10-7-13-8-10/h10,12-13H,2-9H2,1H3. The first-order chi connectivity index (χ1) is 6.29. The first kappa shape index (κ1) is 9.47. The molecule has 0 amide bonds. The molecular weight excluding hydrogens is 160 g/mol. The van der Waals surface area contributed by atoms with E-state index in [0.717, 1.165) is 5.92 Å². The smallest absolute Gasteiger partial charge is 0.000516 e. The molecule has 2 aliphatic rings. The van der Waals surface area contributed by atoms with Crippen LogP contribution in [0.5, 0.6) is 0 Å². The molecule has 0 radical (unpaired) electrons. The van der Waals surface area contributed by atoms with Crippen LogP contribution in [0.3, 0.4) is 0 Å². The summed E-state index contributed by atoms with van der Waals surface area (Å²) in [6.45, 7) is 7.38. The predicted octanol–water partition coefficient (Wildman–Crippen LogP) is 1.38. The first-order valence-electron chi connectivity index (χ1n) is 5.70. The molecular formula is C11H22N2. The number of nitrogens with one attached hydrogen (secondary N) is 2. The fourth-order valence-electron chi connectivity index (χ4n) is 2.21. The molecule has 13 heavy (non-hydrogen) atoms. The zero-order valence-corrected chi connectivity index (χ0v) is 8.73. The number of hydrogen-bond acceptors (Lipinski definition) is 2. The monoisotopic (exact) mass is 182 g/mol. The van der Waals surface area contributed by atoms with Gasteiger partial charge < -0.3 is 10.6 Å². The summed E-state index contributed by atoms with van der Waals surface area (Å²) < 4.78 is 0. The molecule has 1 saturated carbocycles. The van der Waals surface area contributed by atoms with Crippen molar-refractivity contribution in [3.63, 3.8) is 0 Å². The Balaban J connectivity index is 1.48. The highest BCUT2D eigenvalue weighted by atomic mass is 15.0. The molecule has 1 aliphatic heterocycles. The number of hydrogen-bond donors (Lipinski definition) is 2. The van der Waals surface area contributed by atoms with Gasteiger partial charge in [0.25, 0.3) is 0 Å². The quantitative estimate of drug-likeness (QED) is 0.628. The molecule has 0 spiro atoms. The van der Waals surface area contributed by atoms with Crippen molar-refractivity contribution >= 4 is 0 Å². The summed E-state index contributed by atoms with van der Waals surface area (Å²) in [4.78, 5) is 0. The molecule has 0 bridgehead atoms. The highest BCUT2D eigenvalue weighted by Gasteiger charge is 2.30. The lowest BCUT2D eigenvalue weighted by Gasteiger charge is -2.39. The zero-order chi connectivity index (χ0) is 9.15. The molecule has 0 unspecified atom stereocenters. The van der Waals surface area contributed by atoms with Gasteiger partial charge in [-0.25, -0.2) is 0 Å². The summed E-state index contributed by atoms with van der Waals surface area (Å²) in [5.74, 6) is 0.960. The lowest BCUT2D eigenvalue weighted by Crippen LogP contribution is -2.44. The van der Waals surface area contributed by atoms with Gasteiger partial charge in [-0.15, -0.1) is 0 Å². The van der Waals surface area contributed by atoms with E-state index in [0.29, 0.717) is 5.41 Å². The minimum Gasteiger partial charge on any atom is -0.316 e. The van der Waals surface area contributed by atoms with E-state index in [1.165, 1.54) is 51.9 Å². The van der Waals surface area contributed by atoms with Crippen molar-refractivity contribution in [1.82, 2.24) is 10.6 Å². The molecule has 0 aromatic carbocycles. The van der Waals surface area contributed by atoms with Gasteiger partial charge >= 0.3 is 0 Å². The third kappa shape index (κ3) is 2.44. The minimum atomic E-state index is 0.651. The lowest BCUT2D eigenvalue weighted by molar-refractivity contribution is 0.155. The van der Waals surface area contributed by atoms with Gasteiger partial charge in [0.15, 0.2) is 0 Å². The Hall–Kier alpha value is -0.0800. The fraction of sp³-hybridized carbons (Fsp3) is 1.00. The lowest BCUT2D eigenvalue weighted by atomic mass is 9.70. The average molecular weight is 182 g/mol. The molecule has 2 rings (SSSR count). The molecule has 1 aliphatic carbocycles. The van der Waals surface area contributed by atoms with Crippen molar-refractivity contribution in [2.75, 3.05) is 26.2 Å². The normalized spacial score (nSPS) is 26.5. The Labute approximate surface area is 81.5 Å². The van der Waals surface area contributed by atoms with Crippen molar-refractivity contribution < 1.29 is 0 Å². The first-order valence-corrected chi connectivity index (χ1v) is 5.70. The second kappa shape index (κ2) is 3.97. The highest BCUT2D eigenvalue weighted by Crippen LogP contribution is 2.39. The van der Waals surface area contributed by atoms with Crippen LogP contribution in [0.25, 0.3) is 0 Å². The zero-order valence-electron chi connectivity index (χ0n) is 8.73. The largest absolute Gasteiger partial charge is 0.316 e. The van der Waals surface area contributed by atoms with Crippen molar-refractivity contribution in [2.24, 2.45) is 11.3 Å². The van der Waals surface area contributed by atoms with Crippen molar-refractivity contribution in [2.45, 2.75) is 32.6 Å². The molecule has 0 aromatic rings. The average Bonchev–Trinajstić information content (AvgIpc) is 1.97. The maximum Gasteiger partial charge on any atom is 0.000516 e. The summed E-state index contributed by atoms with van der Waals surface area (Å²) >= 11 is 0. The van der Waals surface area contributed by atoms with E-state index in [1.807, 2.05) is 0 Å². The molecule has 2 N–H and O–H groups in total. The van der Waals surface area contributed by atoms with Gasteiger partial charge in [0.2, 0.25) is 0 Å². The maximum absolute atomic E-state index is 3.60. The van der Waals surface area contributed by atoms with Gasteiger partial charge in [-0.3, -0.25) is 0 Å². The third-order valence-corrected chi connectivity index (χ3v) is 3.71. The van der Waals surface area contributed by atoms with E-state index in [1.54, 1.807) is 0 Å². The Morgan fingerprint density at radius 2 is 2.15 bits per heavy atom. The van der Waals surface area contributed by atoms with Crippen LogP contribution in [0.15, 0.2) is 0 Å². The van der Waals surface area contributed by atoms with Crippen molar-refractivity contribution in [1.29, 1.82) is 0 Å². The molecule has 2 fully saturated rings. The topological polar surface area (TPSA) is 24.1 Å². The van der Waals surface area contributed by atoms with Crippen LogP contribution in [0.4, 0.5) is 0 Å². The van der Waals surface area contributed by atoms with Gasteiger partial charge in [0, 0.05) is 6.54 Å². The van der Waals surface area contributed by atoms with Crippen molar-refractivity contribution in [3.8, 4) is 0 Å². The van der Waals surface area contributed by atoms with Crippen LogP contribution in [-0.4, -0.2) is 26.2 Å². The van der Waals surface area contributed by atoms with Crippen LogP contribution in [-0.2, 0) is 0 Å². The molecule has 2 nitrogen and oxygen atoms in total. The fourth-order valence-corrected chi connectivity index (χ4v) is 2.21. The molecule has 1 heterocycles. The summed E-state index contributed by atoms with van der Waals surface area (Å²) in [7, 11) is 0. The van der Waals surface area contributed by atoms with Crippen LogP contribution in [0.1, 0.15) is 32.6 Å². The van der Waals surface area contributed by atoms with Gasteiger partial charge in [-0.2, -0.15) is 0 Å². The Morgan fingerprint density at radius 1 is 1.38 bits per heavy atom. The van der Waals surface area contributed by atoms with Crippen molar-refractivity contribution in [3.05, 3.63) is 0 Å². The minimum absolute atomic E-state index is 0.651. The Morgan fingerprint density at radius 3 is 2.62 bits per heavy atom. The molecule has 0 aromatic heterocycles. The molecule has 1 saturated heterocycles. The van der Waals surface area contributed by atoms with Gasteiger partial charge in [-0.1, -0.05) is 13.3 Å². The van der Waals surface area contributed by atoms with E-state index < -0.39 is 0 Å². The number of rotatable bonds is 5.